The third kappa shape index (κ3) is 5.41. The minimum atomic E-state index is -0.281. The molecule has 1 aliphatic heterocycles. The van der Waals surface area contributed by atoms with E-state index < -0.39 is 0 Å². The van der Waals surface area contributed by atoms with Crippen molar-refractivity contribution in [1.29, 1.82) is 0 Å². The first-order valence-electron chi connectivity index (χ1n) is 10.0. The van der Waals surface area contributed by atoms with E-state index in [9.17, 15) is 4.79 Å². The van der Waals surface area contributed by atoms with Crippen molar-refractivity contribution in [3.8, 4) is 0 Å². The van der Waals surface area contributed by atoms with E-state index in [1.54, 1.807) is 4.57 Å². The van der Waals surface area contributed by atoms with Crippen LogP contribution < -0.4 is 5.76 Å². The van der Waals surface area contributed by atoms with Gasteiger partial charge in [0.25, 0.3) is 0 Å². The van der Waals surface area contributed by atoms with Crippen LogP contribution in [0.3, 0.4) is 0 Å². The molecule has 1 aromatic heterocycles. The summed E-state index contributed by atoms with van der Waals surface area (Å²) in [5, 5.41) is 0. The highest BCUT2D eigenvalue weighted by Crippen LogP contribution is 2.23. The molecule has 1 aliphatic carbocycles. The number of piperazine rings is 1. The van der Waals surface area contributed by atoms with Gasteiger partial charge in [-0.25, -0.2) is 4.79 Å². The normalized spacial score (nSPS) is 19.6. The highest BCUT2D eigenvalue weighted by molar-refractivity contribution is 5.85. The Morgan fingerprint density at radius 3 is 2.36 bits per heavy atom. The summed E-state index contributed by atoms with van der Waals surface area (Å²) in [6.07, 6.45) is 11.3. The Labute approximate surface area is 179 Å². The SMILES string of the molecule is Cl.Cl.O=c1oc2ccccc2n1C/C=C/CN1CCN(C2CCCCC2)CC1. The van der Waals surface area contributed by atoms with Gasteiger partial charge in [0, 0.05) is 45.3 Å². The lowest BCUT2D eigenvalue weighted by Crippen LogP contribution is -2.50. The van der Waals surface area contributed by atoms with Gasteiger partial charge in [0.15, 0.2) is 5.58 Å². The highest BCUT2D eigenvalue weighted by atomic mass is 35.5. The molecule has 0 atom stereocenters. The van der Waals surface area contributed by atoms with Crippen LogP contribution in [0.15, 0.2) is 45.6 Å². The average molecular weight is 428 g/mol. The molecule has 5 nitrogen and oxygen atoms in total. The molecule has 0 unspecified atom stereocenters. The molecule has 0 N–H and O–H groups in total. The molecule has 4 rings (SSSR count). The molecular formula is C21H31Cl2N3O2. The Morgan fingerprint density at radius 1 is 0.929 bits per heavy atom. The largest absolute Gasteiger partial charge is 0.420 e. The molecular weight excluding hydrogens is 397 g/mol. The van der Waals surface area contributed by atoms with Crippen LogP contribution in [-0.2, 0) is 6.54 Å². The van der Waals surface area contributed by atoms with Gasteiger partial charge in [-0.15, -0.1) is 24.8 Å². The summed E-state index contributed by atoms with van der Waals surface area (Å²) in [5.41, 5.74) is 1.52. The second-order valence-electron chi connectivity index (χ2n) is 7.55. The number of aromatic nitrogens is 1. The van der Waals surface area contributed by atoms with Gasteiger partial charge in [0.1, 0.15) is 0 Å². The molecule has 0 spiro atoms. The maximum atomic E-state index is 12.0. The molecule has 0 bridgehead atoms. The quantitative estimate of drug-likeness (QED) is 0.677. The second kappa shape index (κ2) is 11.1. The van der Waals surface area contributed by atoms with Crippen LogP contribution in [-0.4, -0.2) is 53.1 Å². The summed E-state index contributed by atoms with van der Waals surface area (Å²) in [6, 6.07) is 8.42. The van der Waals surface area contributed by atoms with E-state index in [2.05, 4.69) is 22.0 Å². The third-order valence-corrected chi connectivity index (χ3v) is 5.89. The highest BCUT2D eigenvalue weighted by Gasteiger charge is 2.24. The predicted octanol–water partition coefficient (Wildman–Crippen LogP) is 3.94. The number of benzene rings is 1. The summed E-state index contributed by atoms with van der Waals surface area (Å²) >= 11 is 0. The van der Waals surface area contributed by atoms with Crippen molar-refractivity contribution < 1.29 is 4.42 Å². The minimum Gasteiger partial charge on any atom is -0.408 e. The zero-order chi connectivity index (χ0) is 17.8. The van der Waals surface area contributed by atoms with Crippen molar-refractivity contribution >= 4 is 35.9 Å². The number of fused-ring (bicyclic) bond motifs is 1. The topological polar surface area (TPSA) is 41.6 Å². The monoisotopic (exact) mass is 427 g/mol. The maximum absolute atomic E-state index is 12.0. The van der Waals surface area contributed by atoms with Crippen LogP contribution >= 0.6 is 24.8 Å². The van der Waals surface area contributed by atoms with Crippen molar-refractivity contribution in [1.82, 2.24) is 14.4 Å². The Hall–Kier alpha value is -1.27. The van der Waals surface area contributed by atoms with Crippen molar-refractivity contribution in [2.45, 2.75) is 44.7 Å². The van der Waals surface area contributed by atoms with Gasteiger partial charge < -0.3 is 4.42 Å². The summed E-state index contributed by atoms with van der Waals surface area (Å²) in [6.45, 7) is 6.22. The van der Waals surface area contributed by atoms with Crippen LogP contribution in [0, 0.1) is 0 Å². The molecule has 2 aromatic rings. The smallest absolute Gasteiger partial charge is 0.408 e. The fourth-order valence-corrected chi connectivity index (χ4v) is 4.35. The van der Waals surface area contributed by atoms with E-state index in [0.29, 0.717) is 12.1 Å². The zero-order valence-electron chi connectivity index (χ0n) is 16.3. The molecule has 0 amide bonds. The Bertz CT molecular complexity index is 803. The summed E-state index contributed by atoms with van der Waals surface area (Å²) in [5.74, 6) is -0.281. The van der Waals surface area contributed by atoms with Crippen LogP contribution in [0.5, 0.6) is 0 Å². The van der Waals surface area contributed by atoms with Gasteiger partial charge in [0.05, 0.1) is 5.52 Å². The first-order valence-corrected chi connectivity index (χ1v) is 10.0. The molecule has 7 heteroatoms. The molecule has 156 valence electrons. The van der Waals surface area contributed by atoms with Gasteiger partial charge in [-0.05, 0) is 25.0 Å². The van der Waals surface area contributed by atoms with Crippen molar-refractivity contribution in [3.63, 3.8) is 0 Å². The first kappa shape index (κ1) is 23.0. The van der Waals surface area contributed by atoms with E-state index in [-0.39, 0.29) is 30.6 Å². The van der Waals surface area contributed by atoms with Crippen molar-refractivity contribution in [2.24, 2.45) is 0 Å². The molecule has 1 aromatic carbocycles. The number of rotatable bonds is 5. The zero-order valence-corrected chi connectivity index (χ0v) is 17.9. The number of hydrogen-bond donors (Lipinski definition) is 0. The van der Waals surface area contributed by atoms with E-state index in [1.165, 1.54) is 45.2 Å². The molecule has 1 saturated carbocycles. The average Bonchev–Trinajstić information content (AvgIpc) is 3.01. The summed E-state index contributed by atoms with van der Waals surface area (Å²) < 4.78 is 6.96. The van der Waals surface area contributed by atoms with Gasteiger partial charge in [0.2, 0.25) is 0 Å². The van der Waals surface area contributed by atoms with Crippen molar-refractivity contribution in [3.05, 3.63) is 47.0 Å². The van der Waals surface area contributed by atoms with Gasteiger partial charge in [-0.1, -0.05) is 43.5 Å². The Balaban J connectivity index is 0.00000140. The van der Waals surface area contributed by atoms with Crippen LogP contribution in [0.2, 0.25) is 0 Å². The molecule has 28 heavy (non-hydrogen) atoms. The van der Waals surface area contributed by atoms with E-state index in [1.807, 2.05) is 24.3 Å². The van der Waals surface area contributed by atoms with E-state index >= 15 is 0 Å². The van der Waals surface area contributed by atoms with Crippen LogP contribution in [0.1, 0.15) is 32.1 Å². The van der Waals surface area contributed by atoms with Crippen LogP contribution in [0.4, 0.5) is 0 Å². The second-order valence-corrected chi connectivity index (χ2v) is 7.55. The van der Waals surface area contributed by atoms with E-state index in [4.69, 9.17) is 4.42 Å². The molecule has 2 aliphatic rings. The van der Waals surface area contributed by atoms with E-state index in [0.717, 1.165) is 31.2 Å². The Morgan fingerprint density at radius 2 is 1.61 bits per heavy atom. The van der Waals surface area contributed by atoms with Gasteiger partial charge in [-0.2, -0.15) is 0 Å². The van der Waals surface area contributed by atoms with Gasteiger partial charge in [-0.3, -0.25) is 14.4 Å². The Kier molecular flexibility index (Phi) is 9.09. The number of halogens is 2. The fraction of sp³-hybridized carbons (Fsp3) is 0.571. The fourth-order valence-electron chi connectivity index (χ4n) is 4.35. The number of oxazole rings is 1. The summed E-state index contributed by atoms with van der Waals surface area (Å²) in [4.78, 5) is 17.2. The van der Waals surface area contributed by atoms with Crippen LogP contribution in [0.25, 0.3) is 11.1 Å². The molecule has 1 saturated heterocycles. The number of nitrogens with zero attached hydrogens (tertiary/aromatic N) is 3. The first-order chi connectivity index (χ1) is 12.8. The van der Waals surface area contributed by atoms with Crippen molar-refractivity contribution in [2.75, 3.05) is 32.7 Å². The number of hydrogen-bond acceptors (Lipinski definition) is 4. The lowest BCUT2D eigenvalue weighted by atomic mass is 9.94. The lowest BCUT2D eigenvalue weighted by molar-refractivity contribution is 0.0846. The lowest BCUT2D eigenvalue weighted by Gasteiger charge is -2.40. The number of allylic oxidation sites excluding steroid dienone is 1. The molecule has 0 radical (unpaired) electrons. The summed E-state index contributed by atoms with van der Waals surface area (Å²) in [7, 11) is 0. The number of para-hydroxylation sites is 2. The molecule has 2 heterocycles. The van der Waals surface area contributed by atoms with Gasteiger partial charge >= 0.3 is 5.76 Å². The minimum absolute atomic E-state index is 0. The standard InChI is InChI=1S/C21H29N3O2.2ClH/c25-21-24(19-10-4-5-11-20(19)26-21)13-7-6-12-22-14-16-23(17-15-22)18-8-2-1-3-9-18;;/h4-7,10-11,18H,1-3,8-9,12-17H2;2*1H/b7-6+;;. The maximum Gasteiger partial charge on any atom is 0.420 e. The predicted molar refractivity (Wildman–Crippen MR) is 119 cm³/mol. The molecule has 2 fully saturated rings. The third-order valence-electron chi connectivity index (χ3n) is 5.89.